The zero-order chi connectivity index (χ0) is 12.3. The summed E-state index contributed by atoms with van der Waals surface area (Å²) in [5.74, 6) is 2.77. The van der Waals surface area contributed by atoms with Crippen LogP contribution in [0.3, 0.4) is 0 Å². The van der Waals surface area contributed by atoms with Crippen LogP contribution in [-0.4, -0.2) is 31.4 Å². The van der Waals surface area contributed by atoms with Gasteiger partial charge in [-0.15, -0.1) is 11.8 Å². The van der Waals surface area contributed by atoms with Crippen LogP contribution in [0.5, 0.6) is 11.5 Å². The third kappa shape index (κ3) is 2.87. The SMILES string of the molecule is COc1ccc(CC2(C)NCCS2)cc1OC. The quantitative estimate of drug-likeness (QED) is 0.892. The van der Waals surface area contributed by atoms with Crippen molar-refractivity contribution in [2.24, 2.45) is 0 Å². The molecule has 2 rings (SSSR count). The molecule has 1 aliphatic rings. The molecule has 0 amide bonds. The Labute approximate surface area is 107 Å². The van der Waals surface area contributed by atoms with Crippen LogP contribution >= 0.6 is 11.8 Å². The highest BCUT2D eigenvalue weighted by molar-refractivity contribution is 8.00. The highest BCUT2D eigenvalue weighted by Crippen LogP contribution is 2.33. The lowest BCUT2D eigenvalue weighted by atomic mass is 10.1. The minimum Gasteiger partial charge on any atom is -0.493 e. The highest BCUT2D eigenvalue weighted by Gasteiger charge is 2.29. The second-order valence-electron chi connectivity index (χ2n) is 4.37. The lowest BCUT2D eigenvalue weighted by Gasteiger charge is -2.23. The van der Waals surface area contributed by atoms with E-state index in [0.29, 0.717) is 0 Å². The topological polar surface area (TPSA) is 30.5 Å². The van der Waals surface area contributed by atoms with Gasteiger partial charge in [-0.1, -0.05) is 6.07 Å². The molecule has 1 heterocycles. The molecule has 94 valence electrons. The predicted octanol–water partition coefficient (Wildman–Crippen LogP) is 2.30. The molecule has 1 unspecified atom stereocenters. The van der Waals surface area contributed by atoms with Crippen molar-refractivity contribution in [3.8, 4) is 11.5 Å². The van der Waals surface area contributed by atoms with Crippen molar-refractivity contribution in [3.05, 3.63) is 23.8 Å². The Morgan fingerprint density at radius 3 is 2.65 bits per heavy atom. The Morgan fingerprint density at radius 2 is 2.06 bits per heavy atom. The van der Waals surface area contributed by atoms with Crippen LogP contribution in [0.4, 0.5) is 0 Å². The Morgan fingerprint density at radius 1 is 1.29 bits per heavy atom. The van der Waals surface area contributed by atoms with Gasteiger partial charge in [0.05, 0.1) is 19.1 Å². The number of nitrogens with one attached hydrogen (secondary N) is 1. The molecule has 1 saturated heterocycles. The Balaban J connectivity index is 2.16. The van der Waals surface area contributed by atoms with Crippen LogP contribution in [0.15, 0.2) is 18.2 Å². The summed E-state index contributed by atoms with van der Waals surface area (Å²) < 4.78 is 10.6. The van der Waals surface area contributed by atoms with Gasteiger partial charge in [0, 0.05) is 12.3 Å². The smallest absolute Gasteiger partial charge is 0.160 e. The molecule has 0 radical (unpaired) electrons. The van der Waals surface area contributed by atoms with E-state index in [1.165, 1.54) is 11.3 Å². The van der Waals surface area contributed by atoms with E-state index in [9.17, 15) is 0 Å². The number of rotatable bonds is 4. The van der Waals surface area contributed by atoms with Crippen molar-refractivity contribution in [1.82, 2.24) is 5.32 Å². The van der Waals surface area contributed by atoms with Crippen molar-refractivity contribution in [2.75, 3.05) is 26.5 Å². The minimum atomic E-state index is 0.152. The van der Waals surface area contributed by atoms with E-state index in [4.69, 9.17) is 9.47 Å². The maximum Gasteiger partial charge on any atom is 0.160 e. The first-order valence-corrected chi connectivity index (χ1v) is 6.75. The standard InChI is InChI=1S/C13H19NO2S/c1-13(14-6-7-17-13)9-10-4-5-11(15-2)12(8-10)16-3/h4-5,8,14H,6-7,9H2,1-3H3. The molecular formula is C13H19NO2S. The maximum atomic E-state index is 5.32. The number of ether oxygens (including phenoxy) is 2. The molecule has 1 aliphatic heterocycles. The average molecular weight is 253 g/mol. The Hall–Kier alpha value is -0.870. The lowest BCUT2D eigenvalue weighted by Crippen LogP contribution is -2.35. The van der Waals surface area contributed by atoms with E-state index >= 15 is 0 Å². The van der Waals surface area contributed by atoms with Crippen LogP contribution in [0.1, 0.15) is 12.5 Å². The van der Waals surface area contributed by atoms with E-state index in [2.05, 4.69) is 24.4 Å². The number of hydrogen-bond donors (Lipinski definition) is 1. The molecule has 0 aliphatic carbocycles. The number of benzene rings is 1. The summed E-state index contributed by atoms with van der Waals surface area (Å²) in [6.07, 6.45) is 0.998. The van der Waals surface area contributed by atoms with Crippen LogP contribution in [0.25, 0.3) is 0 Å². The monoisotopic (exact) mass is 253 g/mol. The summed E-state index contributed by atoms with van der Waals surface area (Å²) in [7, 11) is 3.33. The Kier molecular flexibility index (Phi) is 3.84. The molecule has 17 heavy (non-hydrogen) atoms. The van der Waals surface area contributed by atoms with Crippen LogP contribution in [0, 0.1) is 0 Å². The molecule has 1 aromatic rings. The summed E-state index contributed by atoms with van der Waals surface area (Å²) in [4.78, 5) is 0.152. The van der Waals surface area contributed by atoms with Gasteiger partial charge >= 0.3 is 0 Å². The van der Waals surface area contributed by atoms with Crippen molar-refractivity contribution in [1.29, 1.82) is 0 Å². The number of thioether (sulfide) groups is 1. The summed E-state index contributed by atoms with van der Waals surface area (Å²) in [6, 6.07) is 6.13. The van der Waals surface area contributed by atoms with Crippen LogP contribution in [-0.2, 0) is 6.42 Å². The van der Waals surface area contributed by atoms with E-state index < -0.39 is 0 Å². The fourth-order valence-electron chi connectivity index (χ4n) is 2.14. The molecule has 1 aromatic carbocycles. The van der Waals surface area contributed by atoms with Crippen LogP contribution < -0.4 is 14.8 Å². The molecule has 1 atom stereocenters. The number of hydrogen-bond acceptors (Lipinski definition) is 4. The van der Waals surface area contributed by atoms with Crippen molar-refractivity contribution in [3.63, 3.8) is 0 Å². The van der Waals surface area contributed by atoms with Gasteiger partial charge in [-0.3, -0.25) is 0 Å². The van der Waals surface area contributed by atoms with Gasteiger partial charge < -0.3 is 14.8 Å². The fraction of sp³-hybridized carbons (Fsp3) is 0.538. The molecule has 0 aromatic heterocycles. The molecule has 0 saturated carbocycles. The first-order chi connectivity index (χ1) is 8.17. The summed E-state index contributed by atoms with van der Waals surface area (Å²) >= 11 is 1.98. The summed E-state index contributed by atoms with van der Waals surface area (Å²) in [5.41, 5.74) is 1.27. The van der Waals surface area contributed by atoms with Crippen molar-refractivity contribution < 1.29 is 9.47 Å². The van der Waals surface area contributed by atoms with Gasteiger partial charge in [0.25, 0.3) is 0 Å². The second kappa shape index (κ2) is 5.19. The maximum absolute atomic E-state index is 5.32. The zero-order valence-corrected chi connectivity index (χ0v) is 11.4. The van der Waals surface area contributed by atoms with Crippen LogP contribution in [0.2, 0.25) is 0 Å². The molecule has 1 N–H and O–H groups in total. The van der Waals surface area contributed by atoms with Gasteiger partial charge in [-0.25, -0.2) is 0 Å². The minimum absolute atomic E-state index is 0.152. The van der Waals surface area contributed by atoms with E-state index in [1.807, 2.05) is 17.8 Å². The van der Waals surface area contributed by atoms with Gasteiger partial charge in [-0.2, -0.15) is 0 Å². The predicted molar refractivity (Wildman–Crippen MR) is 72.1 cm³/mol. The molecule has 3 nitrogen and oxygen atoms in total. The third-order valence-electron chi connectivity index (χ3n) is 3.01. The molecule has 1 fully saturated rings. The Bertz CT molecular complexity index is 389. The molecular weight excluding hydrogens is 234 g/mol. The summed E-state index contributed by atoms with van der Waals surface area (Å²) in [5, 5.41) is 3.54. The largest absolute Gasteiger partial charge is 0.493 e. The van der Waals surface area contributed by atoms with Crippen molar-refractivity contribution in [2.45, 2.75) is 18.2 Å². The van der Waals surface area contributed by atoms with E-state index in [1.54, 1.807) is 14.2 Å². The lowest BCUT2D eigenvalue weighted by molar-refractivity contribution is 0.354. The first-order valence-electron chi connectivity index (χ1n) is 5.77. The summed E-state index contributed by atoms with van der Waals surface area (Å²) in [6.45, 7) is 3.34. The van der Waals surface area contributed by atoms with Gasteiger partial charge in [0.1, 0.15) is 0 Å². The van der Waals surface area contributed by atoms with Gasteiger partial charge in [-0.05, 0) is 31.0 Å². The third-order valence-corrected chi connectivity index (χ3v) is 4.35. The van der Waals surface area contributed by atoms with E-state index in [-0.39, 0.29) is 4.87 Å². The average Bonchev–Trinajstić information content (AvgIpc) is 2.75. The van der Waals surface area contributed by atoms with Gasteiger partial charge in [0.15, 0.2) is 11.5 Å². The van der Waals surface area contributed by atoms with Gasteiger partial charge in [0.2, 0.25) is 0 Å². The van der Waals surface area contributed by atoms with Crippen molar-refractivity contribution >= 4 is 11.8 Å². The molecule has 0 spiro atoms. The molecule has 4 heteroatoms. The normalized spacial score (nSPS) is 23.7. The fourth-order valence-corrected chi connectivity index (χ4v) is 3.26. The van der Waals surface area contributed by atoms with E-state index in [0.717, 1.165) is 24.5 Å². The second-order valence-corrected chi connectivity index (χ2v) is 5.97. The zero-order valence-electron chi connectivity index (χ0n) is 10.6. The first kappa shape index (κ1) is 12.6. The highest BCUT2D eigenvalue weighted by atomic mass is 32.2. The number of methoxy groups -OCH3 is 2. The molecule has 0 bridgehead atoms.